The molecule has 6 heteroatoms. The van der Waals surface area contributed by atoms with Gasteiger partial charge in [0.15, 0.2) is 16.2 Å². The highest BCUT2D eigenvalue weighted by atomic mass is 79.9. The number of carbonyl (C=O) groups excluding carboxylic acids is 2. The van der Waals surface area contributed by atoms with E-state index in [2.05, 4.69) is 21.2 Å². The minimum absolute atomic E-state index is 0.0309. The Labute approximate surface area is 122 Å². The summed E-state index contributed by atoms with van der Waals surface area (Å²) in [4.78, 5) is 24.4. The van der Waals surface area contributed by atoms with E-state index < -0.39 is 0 Å². The van der Waals surface area contributed by atoms with Gasteiger partial charge in [-0.05, 0) is 46.4 Å². The van der Waals surface area contributed by atoms with E-state index in [1.54, 1.807) is 25.1 Å². The van der Waals surface area contributed by atoms with E-state index in [-0.39, 0.29) is 29.9 Å². The van der Waals surface area contributed by atoms with Gasteiger partial charge in [0, 0.05) is 12.5 Å². The number of hydrogen-bond donors (Lipinski definition) is 1. The molecule has 4 nitrogen and oxygen atoms in total. The predicted octanol–water partition coefficient (Wildman–Crippen LogP) is 3.49. The van der Waals surface area contributed by atoms with E-state index in [1.165, 1.54) is 11.3 Å². The molecule has 0 fully saturated rings. The van der Waals surface area contributed by atoms with E-state index in [0.717, 1.165) is 0 Å². The molecule has 1 N–H and O–H groups in total. The number of thiophene rings is 1. The standard InChI is InChI=1S/C13H12BrNO3S/c1-8(7-9(16)11-3-2-6-19-11)15-13(17)10-4-5-12(14)18-10/h2-6,8H,7H2,1H3,(H,15,17)/t8-/m1/s1. The van der Waals surface area contributed by atoms with Crippen LogP contribution in [-0.4, -0.2) is 17.7 Å². The second-order valence-electron chi connectivity index (χ2n) is 4.08. The van der Waals surface area contributed by atoms with Crippen LogP contribution in [0.25, 0.3) is 0 Å². The average molecular weight is 342 g/mol. The summed E-state index contributed by atoms with van der Waals surface area (Å²) < 4.78 is 5.65. The number of amides is 1. The lowest BCUT2D eigenvalue weighted by atomic mass is 10.1. The maximum atomic E-state index is 11.9. The van der Waals surface area contributed by atoms with Gasteiger partial charge in [-0.25, -0.2) is 0 Å². The Balaban J connectivity index is 1.89. The maximum Gasteiger partial charge on any atom is 0.287 e. The van der Waals surface area contributed by atoms with Crippen LogP contribution < -0.4 is 5.32 Å². The van der Waals surface area contributed by atoms with Crippen LogP contribution in [0.4, 0.5) is 0 Å². The zero-order valence-corrected chi connectivity index (χ0v) is 12.6. The van der Waals surface area contributed by atoms with E-state index in [9.17, 15) is 9.59 Å². The van der Waals surface area contributed by atoms with E-state index in [0.29, 0.717) is 9.55 Å². The Hall–Kier alpha value is -1.40. The van der Waals surface area contributed by atoms with Gasteiger partial charge in [-0.2, -0.15) is 0 Å². The lowest BCUT2D eigenvalue weighted by molar-refractivity contribution is 0.0895. The van der Waals surface area contributed by atoms with Gasteiger partial charge in [-0.15, -0.1) is 11.3 Å². The van der Waals surface area contributed by atoms with Gasteiger partial charge in [-0.3, -0.25) is 9.59 Å². The fraction of sp³-hybridized carbons (Fsp3) is 0.231. The molecule has 1 atom stereocenters. The van der Waals surface area contributed by atoms with Crippen molar-refractivity contribution in [2.45, 2.75) is 19.4 Å². The zero-order chi connectivity index (χ0) is 13.8. The van der Waals surface area contributed by atoms with Gasteiger partial charge in [-0.1, -0.05) is 6.07 Å². The van der Waals surface area contributed by atoms with Crippen molar-refractivity contribution in [2.24, 2.45) is 0 Å². The number of rotatable bonds is 5. The fourth-order valence-electron chi connectivity index (χ4n) is 1.60. The molecule has 100 valence electrons. The Morgan fingerprint density at radius 2 is 2.21 bits per heavy atom. The minimum atomic E-state index is -0.322. The molecule has 0 aliphatic rings. The number of Topliss-reactive ketones (excluding diaryl/α,β-unsaturated/α-hetero) is 1. The molecular formula is C13H12BrNO3S. The Bertz CT molecular complexity index is 576. The first kappa shape index (κ1) is 14.0. The van der Waals surface area contributed by atoms with Crippen LogP contribution in [-0.2, 0) is 0 Å². The van der Waals surface area contributed by atoms with E-state index in [1.807, 2.05) is 11.4 Å². The number of ketones is 1. The van der Waals surface area contributed by atoms with Gasteiger partial charge < -0.3 is 9.73 Å². The molecule has 2 aromatic rings. The quantitative estimate of drug-likeness (QED) is 0.846. The third-order valence-corrected chi connectivity index (χ3v) is 3.80. The Morgan fingerprint density at radius 3 is 2.79 bits per heavy atom. The van der Waals surface area contributed by atoms with Crippen LogP contribution in [0.5, 0.6) is 0 Å². The second-order valence-corrected chi connectivity index (χ2v) is 5.81. The van der Waals surface area contributed by atoms with Gasteiger partial charge in [0.25, 0.3) is 5.91 Å². The minimum Gasteiger partial charge on any atom is -0.444 e. The normalized spacial score (nSPS) is 12.1. The number of carbonyl (C=O) groups is 2. The third kappa shape index (κ3) is 3.78. The molecule has 0 saturated carbocycles. The van der Waals surface area contributed by atoms with Crippen molar-refractivity contribution < 1.29 is 14.0 Å². The molecule has 19 heavy (non-hydrogen) atoms. The summed E-state index contributed by atoms with van der Waals surface area (Å²) in [6.45, 7) is 1.79. The first-order valence-electron chi connectivity index (χ1n) is 5.69. The molecule has 2 heterocycles. The highest BCUT2D eigenvalue weighted by molar-refractivity contribution is 9.10. The van der Waals surface area contributed by atoms with E-state index >= 15 is 0 Å². The summed E-state index contributed by atoms with van der Waals surface area (Å²) in [5.74, 6) is -0.0668. The molecule has 0 aromatic carbocycles. The van der Waals surface area contributed by atoms with E-state index in [4.69, 9.17) is 4.42 Å². The van der Waals surface area contributed by atoms with Gasteiger partial charge in [0.05, 0.1) is 4.88 Å². The van der Waals surface area contributed by atoms with Crippen molar-refractivity contribution >= 4 is 39.0 Å². The number of halogens is 1. The molecule has 0 bridgehead atoms. The SMILES string of the molecule is C[C@H](CC(=O)c1cccs1)NC(=O)c1ccc(Br)o1. The molecule has 0 spiro atoms. The first-order chi connectivity index (χ1) is 9.06. The molecule has 0 radical (unpaired) electrons. The first-order valence-corrected chi connectivity index (χ1v) is 7.36. The summed E-state index contributed by atoms with van der Waals surface area (Å²) in [5.41, 5.74) is 0. The smallest absolute Gasteiger partial charge is 0.287 e. The maximum absolute atomic E-state index is 11.9. The van der Waals surface area contributed by atoms with Crippen LogP contribution in [0.2, 0.25) is 0 Å². The monoisotopic (exact) mass is 341 g/mol. The molecule has 2 rings (SSSR count). The summed E-state index contributed by atoms with van der Waals surface area (Å²) in [6, 6.07) is 6.60. The Kier molecular flexibility index (Phi) is 4.55. The van der Waals surface area contributed by atoms with Crippen molar-refractivity contribution in [3.63, 3.8) is 0 Å². The highest BCUT2D eigenvalue weighted by Crippen LogP contribution is 2.15. The van der Waals surface area contributed by atoms with Gasteiger partial charge >= 0.3 is 0 Å². The molecular weight excluding hydrogens is 330 g/mol. The molecule has 0 aliphatic heterocycles. The van der Waals surface area contributed by atoms with Crippen LogP contribution >= 0.6 is 27.3 Å². The summed E-state index contributed by atoms with van der Waals surface area (Å²) >= 11 is 4.54. The summed E-state index contributed by atoms with van der Waals surface area (Å²) in [5, 5.41) is 4.59. The predicted molar refractivity (Wildman–Crippen MR) is 76.6 cm³/mol. The largest absolute Gasteiger partial charge is 0.444 e. The lowest BCUT2D eigenvalue weighted by Gasteiger charge is -2.11. The lowest BCUT2D eigenvalue weighted by Crippen LogP contribution is -2.33. The molecule has 0 unspecified atom stereocenters. The van der Waals surface area contributed by atoms with Crippen LogP contribution in [0, 0.1) is 0 Å². The van der Waals surface area contributed by atoms with Gasteiger partial charge in [0.2, 0.25) is 0 Å². The van der Waals surface area contributed by atoms with Crippen molar-refractivity contribution in [3.8, 4) is 0 Å². The van der Waals surface area contributed by atoms with Crippen LogP contribution in [0.3, 0.4) is 0 Å². The number of furan rings is 1. The topological polar surface area (TPSA) is 59.3 Å². The summed E-state index contributed by atoms with van der Waals surface area (Å²) in [7, 11) is 0. The zero-order valence-electron chi connectivity index (χ0n) is 10.2. The average Bonchev–Trinajstić information content (AvgIpc) is 2.98. The van der Waals surface area contributed by atoms with Crippen molar-refractivity contribution in [1.29, 1.82) is 0 Å². The third-order valence-electron chi connectivity index (χ3n) is 2.46. The Morgan fingerprint density at radius 1 is 1.42 bits per heavy atom. The summed E-state index contributed by atoms with van der Waals surface area (Å²) in [6.07, 6.45) is 0.272. The number of hydrogen-bond acceptors (Lipinski definition) is 4. The second kappa shape index (κ2) is 6.16. The van der Waals surface area contributed by atoms with Gasteiger partial charge in [0.1, 0.15) is 0 Å². The van der Waals surface area contributed by atoms with Crippen molar-refractivity contribution in [1.82, 2.24) is 5.32 Å². The van der Waals surface area contributed by atoms with Crippen molar-refractivity contribution in [3.05, 3.63) is 45.0 Å². The molecule has 0 saturated heterocycles. The van der Waals surface area contributed by atoms with Crippen molar-refractivity contribution in [2.75, 3.05) is 0 Å². The fourth-order valence-corrected chi connectivity index (χ4v) is 2.58. The molecule has 2 aromatic heterocycles. The number of nitrogens with one attached hydrogen (secondary N) is 1. The highest BCUT2D eigenvalue weighted by Gasteiger charge is 2.17. The van der Waals surface area contributed by atoms with Crippen LogP contribution in [0.1, 0.15) is 33.6 Å². The van der Waals surface area contributed by atoms with Crippen LogP contribution in [0.15, 0.2) is 38.7 Å². The molecule has 1 amide bonds. The molecule has 0 aliphatic carbocycles.